The van der Waals surface area contributed by atoms with Gasteiger partial charge in [0.15, 0.2) is 12.4 Å². The lowest BCUT2D eigenvalue weighted by Crippen LogP contribution is -2.41. The Labute approximate surface area is 140 Å². The molecule has 9 heteroatoms. The first-order valence-electron chi connectivity index (χ1n) is 7.60. The maximum Gasteiger partial charge on any atom is 0.529 e. The fourth-order valence-electron chi connectivity index (χ4n) is 2.02. The zero-order valence-corrected chi connectivity index (χ0v) is 14.6. The summed E-state index contributed by atoms with van der Waals surface area (Å²) < 4.78 is 34.5. The van der Waals surface area contributed by atoms with E-state index in [4.69, 9.17) is 24.0 Å². The first kappa shape index (κ1) is 18.6. The molecule has 2 rings (SSSR count). The summed E-state index contributed by atoms with van der Waals surface area (Å²) in [6.45, 7) is 4.32. The summed E-state index contributed by atoms with van der Waals surface area (Å²) in [6.07, 6.45) is 6.25. The van der Waals surface area contributed by atoms with Gasteiger partial charge in [0.05, 0.1) is 25.6 Å². The highest BCUT2D eigenvalue weighted by atomic mass is 31.2. The number of primary amides is 1. The van der Waals surface area contributed by atoms with Crippen LogP contribution in [0.15, 0.2) is 36.9 Å². The van der Waals surface area contributed by atoms with E-state index < -0.39 is 13.7 Å². The Hall–Kier alpha value is -1.73. The number of rotatable bonds is 7. The number of aromatic nitrogens is 1. The predicted octanol–water partition coefficient (Wildman–Crippen LogP) is 2.07. The van der Waals surface area contributed by atoms with Crippen molar-refractivity contribution < 1.29 is 32.2 Å². The monoisotopic (exact) mass is 357 g/mol. The molecule has 0 bridgehead atoms. The van der Waals surface area contributed by atoms with Gasteiger partial charge < -0.3 is 15.0 Å². The molecule has 2 atom stereocenters. The number of amides is 1. The Morgan fingerprint density at radius 1 is 1.42 bits per heavy atom. The number of nitrogens with two attached hydrogens (primary N) is 1. The Bertz CT molecular complexity index is 641. The van der Waals surface area contributed by atoms with Gasteiger partial charge in [0.1, 0.15) is 5.56 Å². The number of carbonyl (C=O) groups is 1. The van der Waals surface area contributed by atoms with Crippen LogP contribution >= 0.6 is 7.82 Å². The van der Waals surface area contributed by atoms with E-state index in [1.54, 1.807) is 42.1 Å². The normalized spacial score (nSPS) is 19.8. The van der Waals surface area contributed by atoms with E-state index in [1.807, 2.05) is 6.92 Å². The standard InChI is InChI=1S/C15H21N2O6P/c1-12(6-10-22-24(19)20-8-4-9-21-24)23-13(2)17-7-3-5-14(11-17)15(16)18/h3,5-7,10-13H,4,8-9H2,1-2H3,(H-,16,18)/p+1/b10-6+. The summed E-state index contributed by atoms with van der Waals surface area (Å²) in [5.41, 5.74) is 5.65. The Balaban J connectivity index is 1.88. The van der Waals surface area contributed by atoms with Crippen LogP contribution in [-0.2, 0) is 22.9 Å². The SMILES string of the molecule is CC(/C=C/OP1(=O)OCCCO1)OC(C)[n+]1cccc(C(N)=O)c1. The maximum atomic E-state index is 12.0. The predicted molar refractivity (Wildman–Crippen MR) is 84.8 cm³/mol. The zero-order valence-electron chi connectivity index (χ0n) is 13.7. The van der Waals surface area contributed by atoms with Crippen LogP contribution < -0.4 is 10.3 Å². The van der Waals surface area contributed by atoms with E-state index in [2.05, 4.69) is 0 Å². The minimum atomic E-state index is -3.48. The summed E-state index contributed by atoms with van der Waals surface area (Å²) in [5.74, 6) is -0.505. The molecule has 2 heterocycles. The van der Waals surface area contributed by atoms with Crippen molar-refractivity contribution in [3.8, 4) is 0 Å². The molecule has 8 nitrogen and oxygen atoms in total. The second kappa shape index (κ2) is 8.39. The number of phosphoric ester groups is 1. The lowest BCUT2D eigenvalue weighted by Gasteiger charge is -2.20. The van der Waals surface area contributed by atoms with Crippen LogP contribution in [-0.4, -0.2) is 25.2 Å². The molecule has 132 valence electrons. The molecule has 0 spiro atoms. The van der Waals surface area contributed by atoms with E-state index >= 15 is 0 Å². The van der Waals surface area contributed by atoms with Gasteiger partial charge in [-0.05, 0) is 25.5 Å². The topological polar surface area (TPSA) is 101 Å². The van der Waals surface area contributed by atoms with E-state index in [9.17, 15) is 9.36 Å². The van der Waals surface area contributed by atoms with Crippen LogP contribution in [0.25, 0.3) is 0 Å². The van der Waals surface area contributed by atoms with Crippen molar-refractivity contribution in [3.05, 3.63) is 42.4 Å². The van der Waals surface area contributed by atoms with Crippen LogP contribution in [0.5, 0.6) is 0 Å². The maximum absolute atomic E-state index is 12.0. The van der Waals surface area contributed by atoms with Crippen molar-refractivity contribution >= 4 is 13.7 Å². The van der Waals surface area contributed by atoms with Gasteiger partial charge in [-0.1, -0.05) is 0 Å². The van der Waals surface area contributed by atoms with Crippen molar-refractivity contribution in [1.29, 1.82) is 0 Å². The smallest absolute Gasteiger partial charge is 0.412 e. The zero-order chi connectivity index (χ0) is 17.6. The summed E-state index contributed by atoms with van der Waals surface area (Å²) >= 11 is 0. The second-order valence-corrected chi connectivity index (χ2v) is 6.87. The van der Waals surface area contributed by atoms with Crippen molar-refractivity contribution in [1.82, 2.24) is 0 Å². The van der Waals surface area contributed by atoms with Gasteiger partial charge in [-0.2, -0.15) is 4.57 Å². The first-order chi connectivity index (χ1) is 11.4. The van der Waals surface area contributed by atoms with Gasteiger partial charge in [-0.15, -0.1) is 0 Å². The summed E-state index contributed by atoms with van der Waals surface area (Å²) in [7, 11) is -3.48. The van der Waals surface area contributed by atoms with E-state index in [1.165, 1.54) is 6.26 Å². The molecule has 2 unspecified atom stereocenters. The number of hydrogen-bond donors (Lipinski definition) is 1. The van der Waals surface area contributed by atoms with Crippen molar-refractivity contribution in [2.24, 2.45) is 5.73 Å². The van der Waals surface area contributed by atoms with Gasteiger partial charge in [-0.25, -0.2) is 4.57 Å². The fraction of sp³-hybridized carbons (Fsp3) is 0.467. The van der Waals surface area contributed by atoms with Crippen LogP contribution in [0.2, 0.25) is 0 Å². The summed E-state index contributed by atoms with van der Waals surface area (Å²) in [6, 6.07) is 3.34. The lowest BCUT2D eigenvalue weighted by atomic mass is 10.3. The highest BCUT2D eigenvalue weighted by Gasteiger charge is 2.29. The molecule has 0 radical (unpaired) electrons. The molecule has 0 saturated carbocycles. The van der Waals surface area contributed by atoms with E-state index in [0.29, 0.717) is 25.2 Å². The molecule has 2 N–H and O–H groups in total. The lowest BCUT2D eigenvalue weighted by molar-refractivity contribution is -0.760. The molecule has 24 heavy (non-hydrogen) atoms. The van der Waals surface area contributed by atoms with Crippen LogP contribution in [0.4, 0.5) is 0 Å². The molecular formula is C15H22N2O6P+. The molecule has 1 amide bonds. The number of nitrogens with zero attached hydrogens (tertiary/aromatic N) is 1. The van der Waals surface area contributed by atoms with E-state index in [-0.39, 0.29) is 12.3 Å². The average molecular weight is 357 g/mol. The molecular weight excluding hydrogens is 335 g/mol. The molecule has 1 saturated heterocycles. The molecule has 1 fully saturated rings. The van der Waals surface area contributed by atoms with Crippen molar-refractivity contribution in [3.63, 3.8) is 0 Å². The van der Waals surface area contributed by atoms with Crippen LogP contribution in [0.1, 0.15) is 36.9 Å². The Kier molecular flexibility index (Phi) is 6.51. The van der Waals surface area contributed by atoms with Crippen LogP contribution in [0.3, 0.4) is 0 Å². The Morgan fingerprint density at radius 3 is 2.79 bits per heavy atom. The third-order valence-electron chi connectivity index (χ3n) is 3.27. The van der Waals surface area contributed by atoms with E-state index in [0.717, 1.165) is 0 Å². The largest absolute Gasteiger partial charge is 0.529 e. The highest BCUT2D eigenvalue weighted by molar-refractivity contribution is 7.48. The van der Waals surface area contributed by atoms with Gasteiger partial charge in [0.25, 0.3) is 12.1 Å². The number of hydrogen-bond acceptors (Lipinski definition) is 6. The summed E-state index contributed by atoms with van der Waals surface area (Å²) in [4.78, 5) is 11.2. The number of carbonyl (C=O) groups excluding carboxylic acids is 1. The van der Waals surface area contributed by atoms with Crippen LogP contribution in [0, 0.1) is 0 Å². The number of pyridine rings is 1. The highest BCUT2D eigenvalue weighted by Crippen LogP contribution is 2.51. The van der Waals surface area contributed by atoms with Gasteiger partial charge in [0.2, 0.25) is 0 Å². The third kappa shape index (κ3) is 5.42. The van der Waals surface area contributed by atoms with Gasteiger partial charge in [0, 0.05) is 13.0 Å². The van der Waals surface area contributed by atoms with Gasteiger partial charge >= 0.3 is 7.82 Å². The molecule has 1 aromatic heterocycles. The second-order valence-electron chi connectivity index (χ2n) is 5.25. The first-order valence-corrected chi connectivity index (χ1v) is 9.06. The summed E-state index contributed by atoms with van der Waals surface area (Å²) in [5, 5.41) is 0. The minimum absolute atomic E-state index is 0.332. The quantitative estimate of drug-likeness (QED) is 0.455. The van der Waals surface area contributed by atoms with Crippen molar-refractivity contribution in [2.75, 3.05) is 13.2 Å². The fourth-order valence-corrected chi connectivity index (χ4v) is 3.14. The minimum Gasteiger partial charge on any atom is -0.412 e. The van der Waals surface area contributed by atoms with Crippen molar-refractivity contribution in [2.45, 2.75) is 32.6 Å². The number of phosphoric acid groups is 1. The molecule has 1 aliphatic rings. The third-order valence-corrected chi connectivity index (χ3v) is 4.64. The Morgan fingerprint density at radius 2 is 2.12 bits per heavy atom. The van der Waals surface area contributed by atoms with Gasteiger partial charge in [-0.3, -0.25) is 13.8 Å². The molecule has 0 aromatic carbocycles. The molecule has 1 aromatic rings. The molecule has 0 aliphatic carbocycles. The average Bonchev–Trinajstić information content (AvgIpc) is 2.55. The number of ether oxygens (including phenoxy) is 1. The molecule has 1 aliphatic heterocycles.